The van der Waals surface area contributed by atoms with Crippen molar-refractivity contribution >= 4 is 25.7 Å². The van der Waals surface area contributed by atoms with Gasteiger partial charge in [0, 0.05) is 12.8 Å². The highest BCUT2D eigenvalue weighted by atomic mass is 31.2. The van der Waals surface area contributed by atoms with Crippen molar-refractivity contribution in [3.8, 4) is 0 Å². The second-order valence-corrected chi connectivity index (χ2v) is 16.3. The molecule has 55 heavy (non-hydrogen) atoms. The van der Waals surface area contributed by atoms with Crippen LogP contribution in [-0.2, 0) is 37.5 Å². The first kappa shape index (κ1) is 53.0. The van der Waals surface area contributed by atoms with Crippen LogP contribution in [0.1, 0.15) is 200 Å². The molecule has 0 aliphatic carbocycles. The minimum Gasteiger partial charge on any atom is -0.480 e. The molecular weight excluding hydrogens is 721 g/mol. The summed E-state index contributed by atoms with van der Waals surface area (Å²) < 4.78 is 32.7. The fourth-order valence-electron chi connectivity index (χ4n) is 5.94. The van der Waals surface area contributed by atoms with Crippen molar-refractivity contribution in [3.05, 3.63) is 24.3 Å². The summed E-state index contributed by atoms with van der Waals surface area (Å²) in [7, 11) is -4.71. The number of aliphatic carboxylic acids is 1. The third-order valence-corrected chi connectivity index (χ3v) is 10.4. The summed E-state index contributed by atoms with van der Waals surface area (Å²) in [6, 6.07) is -1.52. The molecule has 1 unspecified atom stereocenters. The minimum absolute atomic E-state index is 0.156. The number of allylic oxidation sites excluding steroid dienone is 4. The molecule has 0 aliphatic rings. The molecule has 0 saturated carbocycles. The number of esters is 2. The largest absolute Gasteiger partial charge is 0.480 e. The van der Waals surface area contributed by atoms with Gasteiger partial charge in [0.15, 0.2) is 6.10 Å². The third kappa shape index (κ3) is 38.6. The lowest BCUT2D eigenvalue weighted by molar-refractivity contribution is -0.161. The van der Waals surface area contributed by atoms with Crippen LogP contribution in [0.4, 0.5) is 0 Å². The molecule has 0 rings (SSSR count). The summed E-state index contributed by atoms with van der Waals surface area (Å²) in [5.74, 6) is -2.39. The normalized spacial score (nSPS) is 14.0. The molecule has 0 aromatic heterocycles. The molecule has 0 aromatic carbocycles. The van der Waals surface area contributed by atoms with Crippen LogP contribution in [0, 0.1) is 0 Å². The molecule has 0 fully saturated rings. The van der Waals surface area contributed by atoms with Crippen LogP contribution < -0.4 is 5.73 Å². The second-order valence-electron chi connectivity index (χ2n) is 14.8. The summed E-state index contributed by atoms with van der Waals surface area (Å²) in [6.45, 7) is 2.78. The van der Waals surface area contributed by atoms with Crippen LogP contribution >= 0.6 is 7.82 Å². The van der Waals surface area contributed by atoms with Crippen LogP contribution in [-0.4, -0.2) is 59.9 Å². The predicted octanol–water partition coefficient (Wildman–Crippen LogP) is 11.5. The van der Waals surface area contributed by atoms with Crippen molar-refractivity contribution in [2.45, 2.75) is 212 Å². The number of nitrogens with two attached hydrogens (primary N) is 1. The fourth-order valence-corrected chi connectivity index (χ4v) is 6.71. The minimum atomic E-state index is -4.71. The highest BCUT2D eigenvalue weighted by molar-refractivity contribution is 7.47. The van der Waals surface area contributed by atoms with Gasteiger partial charge >= 0.3 is 25.7 Å². The molecule has 0 amide bonds. The predicted molar refractivity (Wildman–Crippen MR) is 222 cm³/mol. The van der Waals surface area contributed by atoms with Crippen molar-refractivity contribution < 1.29 is 47.5 Å². The van der Waals surface area contributed by atoms with E-state index in [-0.39, 0.29) is 19.4 Å². The van der Waals surface area contributed by atoms with E-state index in [0.29, 0.717) is 12.8 Å². The number of carbonyl (C=O) groups is 3. The average molecular weight is 802 g/mol. The van der Waals surface area contributed by atoms with Gasteiger partial charge in [-0.3, -0.25) is 23.4 Å². The van der Waals surface area contributed by atoms with Gasteiger partial charge in [-0.05, 0) is 64.2 Å². The van der Waals surface area contributed by atoms with Crippen LogP contribution in [0.5, 0.6) is 0 Å². The van der Waals surface area contributed by atoms with Crippen molar-refractivity contribution in [1.29, 1.82) is 0 Å². The lowest BCUT2D eigenvalue weighted by Gasteiger charge is -2.20. The van der Waals surface area contributed by atoms with Gasteiger partial charge in [0.25, 0.3) is 0 Å². The molecule has 12 heteroatoms. The van der Waals surface area contributed by atoms with Crippen LogP contribution in [0.25, 0.3) is 0 Å². The maximum atomic E-state index is 12.6. The molecule has 0 radical (unpaired) electrons. The average Bonchev–Trinajstić information content (AvgIpc) is 3.16. The highest BCUT2D eigenvalue weighted by Gasteiger charge is 2.28. The maximum Gasteiger partial charge on any atom is 0.472 e. The van der Waals surface area contributed by atoms with Gasteiger partial charge in [0.1, 0.15) is 12.6 Å². The van der Waals surface area contributed by atoms with Gasteiger partial charge in [0.05, 0.1) is 13.2 Å². The van der Waals surface area contributed by atoms with Crippen LogP contribution in [0.3, 0.4) is 0 Å². The Morgan fingerprint density at radius 2 is 0.909 bits per heavy atom. The van der Waals surface area contributed by atoms with Gasteiger partial charge in [-0.1, -0.05) is 147 Å². The van der Waals surface area contributed by atoms with E-state index in [1.807, 2.05) is 0 Å². The number of carboxylic acids is 1. The van der Waals surface area contributed by atoms with Gasteiger partial charge in [-0.2, -0.15) is 0 Å². The van der Waals surface area contributed by atoms with Crippen molar-refractivity contribution in [3.63, 3.8) is 0 Å². The third-order valence-electron chi connectivity index (χ3n) is 9.42. The zero-order valence-corrected chi connectivity index (χ0v) is 35.7. The van der Waals surface area contributed by atoms with E-state index in [1.54, 1.807) is 0 Å². The number of hydrogen-bond acceptors (Lipinski definition) is 9. The van der Waals surface area contributed by atoms with E-state index >= 15 is 0 Å². The molecule has 3 atom stereocenters. The van der Waals surface area contributed by atoms with E-state index in [2.05, 4.69) is 42.7 Å². The van der Waals surface area contributed by atoms with Crippen molar-refractivity contribution in [1.82, 2.24) is 0 Å². The van der Waals surface area contributed by atoms with E-state index < -0.39 is 51.1 Å². The van der Waals surface area contributed by atoms with E-state index in [9.17, 15) is 23.8 Å². The first-order valence-corrected chi connectivity index (χ1v) is 23.4. The Morgan fingerprint density at radius 3 is 1.33 bits per heavy atom. The zero-order valence-electron chi connectivity index (χ0n) is 34.8. The number of hydrogen-bond donors (Lipinski definition) is 3. The number of carboxylic acid groups (broad SMARTS) is 1. The van der Waals surface area contributed by atoms with Gasteiger partial charge in [0.2, 0.25) is 0 Å². The monoisotopic (exact) mass is 802 g/mol. The molecule has 0 bridgehead atoms. The number of phosphoric acid groups is 1. The second kappa shape index (κ2) is 38.8. The number of rotatable bonds is 41. The standard InChI is InChI=1S/C43H80NO10P/c1-3-5-7-9-11-13-15-17-19-20-21-23-25-27-29-31-33-35-42(46)54-39(37-52-55(49,50)53-38-40(44)43(47)48)36-51-41(45)34-32-30-28-26-24-22-18-16-14-12-10-8-6-4-2/h16-19,39-40H,3-15,20-38,44H2,1-2H3,(H,47,48)(H,49,50)/b18-16+,19-17+/t39-,40+/m1/s1. The van der Waals surface area contributed by atoms with Gasteiger partial charge in [-0.25, -0.2) is 4.57 Å². The summed E-state index contributed by atoms with van der Waals surface area (Å²) >= 11 is 0. The first-order valence-electron chi connectivity index (χ1n) is 21.9. The molecule has 0 saturated heterocycles. The Kier molecular flexibility index (Phi) is 37.4. The summed E-state index contributed by atoms with van der Waals surface area (Å²) in [6.07, 6.45) is 39.5. The summed E-state index contributed by atoms with van der Waals surface area (Å²) in [5.41, 5.74) is 5.33. The first-order chi connectivity index (χ1) is 26.6. The Hall–Kier alpha value is -2.04. The number of carbonyl (C=O) groups excluding carboxylic acids is 2. The Morgan fingerprint density at radius 1 is 0.545 bits per heavy atom. The van der Waals surface area contributed by atoms with Gasteiger partial charge in [-0.15, -0.1) is 0 Å². The maximum absolute atomic E-state index is 12.6. The molecule has 0 aliphatic heterocycles. The smallest absolute Gasteiger partial charge is 0.472 e. The zero-order chi connectivity index (χ0) is 40.7. The highest BCUT2D eigenvalue weighted by Crippen LogP contribution is 2.43. The molecule has 322 valence electrons. The van der Waals surface area contributed by atoms with Crippen LogP contribution in [0.15, 0.2) is 24.3 Å². The molecular formula is C43H80NO10P. The Bertz CT molecular complexity index is 1040. The fraction of sp³-hybridized carbons (Fsp3) is 0.837. The Balaban J connectivity index is 4.37. The van der Waals surface area contributed by atoms with Crippen molar-refractivity contribution in [2.24, 2.45) is 5.73 Å². The lowest BCUT2D eigenvalue weighted by Crippen LogP contribution is -2.34. The Labute approximate surface area is 334 Å². The van der Waals surface area contributed by atoms with Crippen molar-refractivity contribution in [2.75, 3.05) is 19.8 Å². The lowest BCUT2D eigenvalue weighted by atomic mass is 10.1. The van der Waals surface area contributed by atoms with Crippen LogP contribution in [0.2, 0.25) is 0 Å². The molecule has 0 spiro atoms. The van der Waals surface area contributed by atoms with E-state index in [0.717, 1.165) is 70.6 Å². The molecule has 4 N–H and O–H groups in total. The SMILES string of the molecule is CCCCCCC/C=C/CCCCCCCC(=O)OC[C@H](COP(=O)(O)OC[C@H](N)C(=O)O)OC(=O)CCCCCCCCC/C=C/CCCCCCCC. The van der Waals surface area contributed by atoms with Gasteiger partial charge < -0.3 is 25.2 Å². The van der Waals surface area contributed by atoms with E-state index in [4.69, 9.17) is 24.8 Å². The number of phosphoric ester groups is 1. The topological polar surface area (TPSA) is 172 Å². The summed E-state index contributed by atoms with van der Waals surface area (Å²) in [4.78, 5) is 45.9. The molecule has 0 aromatic rings. The molecule has 0 heterocycles. The van der Waals surface area contributed by atoms with E-state index in [1.165, 1.54) is 89.9 Å². The summed E-state index contributed by atoms with van der Waals surface area (Å²) in [5, 5.41) is 8.88. The molecule has 11 nitrogen and oxygen atoms in total. The quantitative estimate of drug-likeness (QED) is 0.0232. The number of ether oxygens (including phenoxy) is 2. The number of unbranched alkanes of at least 4 members (excludes halogenated alkanes) is 23.